The van der Waals surface area contributed by atoms with Crippen molar-refractivity contribution in [1.29, 1.82) is 0 Å². The van der Waals surface area contributed by atoms with Gasteiger partial charge in [-0.2, -0.15) is 0 Å². The highest BCUT2D eigenvalue weighted by Gasteiger charge is 2.16. The van der Waals surface area contributed by atoms with E-state index in [4.69, 9.17) is 0 Å². The minimum atomic E-state index is 0.432. The van der Waals surface area contributed by atoms with Gasteiger partial charge in [-0.15, -0.1) is 0 Å². The summed E-state index contributed by atoms with van der Waals surface area (Å²) in [5.41, 5.74) is 3.29. The van der Waals surface area contributed by atoms with Crippen molar-refractivity contribution in [2.45, 2.75) is 32.1 Å². The van der Waals surface area contributed by atoms with E-state index in [2.05, 4.69) is 6.07 Å². The van der Waals surface area contributed by atoms with Crippen molar-refractivity contribution in [2.75, 3.05) is 0 Å². The van der Waals surface area contributed by atoms with Gasteiger partial charge in [-0.05, 0) is 42.4 Å². The van der Waals surface area contributed by atoms with Gasteiger partial charge in [0.25, 0.3) is 0 Å². The number of aldehydes is 1. The molecule has 0 aromatic heterocycles. The molecular formula is C12H14O2. The van der Waals surface area contributed by atoms with Gasteiger partial charge in [0.1, 0.15) is 12.0 Å². The summed E-state index contributed by atoms with van der Waals surface area (Å²) in [7, 11) is 0. The molecule has 0 atom stereocenters. The van der Waals surface area contributed by atoms with Crippen LogP contribution in [-0.2, 0) is 24.1 Å². The average molecular weight is 190 g/mol. The van der Waals surface area contributed by atoms with Crippen molar-refractivity contribution >= 4 is 6.29 Å². The van der Waals surface area contributed by atoms with Crippen LogP contribution in [0, 0.1) is 0 Å². The van der Waals surface area contributed by atoms with Crippen LogP contribution in [0.5, 0.6) is 5.75 Å². The number of phenols is 1. The Morgan fingerprint density at radius 3 is 3.00 bits per heavy atom. The summed E-state index contributed by atoms with van der Waals surface area (Å²) < 4.78 is 0. The third-order valence-corrected chi connectivity index (χ3v) is 2.87. The first kappa shape index (κ1) is 9.25. The van der Waals surface area contributed by atoms with Gasteiger partial charge in [-0.1, -0.05) is 12.1 Å². The van der Waals surface area contributed by atoms with Gasteiger partial charge in [-0.3, -0.25) is 0 Å². The van der Waals surface area contributed by atoms with Gasteiger partial charge >= 0.3 is 0 Å². The van der Waals surface area contributed by atoms with Crippen LogP contribution in [0.15, 0.2) is 12.1 Å². The molecular weight excluding hydrogens is 176 g/mol. The van der Waals surface area contributed by atoms with Gasteiger partial charge in [0.05, 0.1) is 0 Å². The number of benzene rings is 1. The first-order chi connectivity index (χ1) is 6.83. The summed E-state index contributed by atoms with van der Waals surface area (Å²) in [5.74, 6) is 0.432. The Morgan fingerprint density at radius 1 is 1.36 bits per heavy atom. The quantitative estimate of drug-likeness (QED) is 0.740. The molecule has 0 spiro atoms. The summed E-state index contributed by atoms with van der Waals surface area (Å²) in [6, 6.07) is 4.03. The average Bonchev–Trinajstić information content (AvgIpc) is 2.66. The normalized spacial score (nSPS) is 14.0. The van der Waals surface area contributed by atoms with Crippen LogP contribution in [0.3, 0.4) is 0 Å². The molecule has 0 saturated carbocycles. The van der Waals surface area contributed by atoms with Crippen LogP contribution in [0.2, 0.25) is 0 Å². The number of phenolic OH excluding ortho intramolecular Hbond substituents is 1. The number of aromatic hydroxyl groups is 1. The number of rotatable bonds is 3. The van der Waals surface area contributed by atoms with E-state index >= 15 is 0 Å². The monoisotopic (exact) mass is 190 g/mol. The van der Waals surface area contributed by atoms with Gasteiger partial charge in [0, 0.05) is 6.42 Å². The minimum absolute atomic E-state index is 0.432. The molecule has 0 fully saturated rings. The lowest BCUT2D eigenvalue weighted by Crippen LogP contribution is -1.92. The summed E-state index contributed by atoms with van der Waals surface area (Å²) in [6.45, 7) is 0. The maximum atomic E-state index is 10.2. The number of aryl methyl sites for hydroxylation is 2. The van der Waals surface area contributed by atoms with Crippen molar-refractivity contribution in [3.63, 3.8) is 0 Å². The second-order valence-corrected chi connectivity index (χ2v) is 3.77. The highest BCUT2D eigenvalue weighted by atomic mass is 16.3. The number of hydrogen-bond acceptors (Lipinski definition) is 2. The molecule has 2 rings (SSSR count). The Morgan fingerprint density at radius 2 is 2.21 bits per heavy atom. The molecule has 1 N–H and O–H groups in total. The Hall–Kier alpha value is -1.31. The predicted octanol–water partition coefficient (Wildman–Crippen LogP) is 2.01. The fourth-order valence-corrected chi connectivity index (χ4v) is 2.11. The van der Waals surface area contributed by atoms with E-state index in [-0.39, 0.29) is 0 Å². The zero-order valence-corrected chi connectivity index (χ0v) is 8.12. The van der Waals surface area contributed by atoms with Crippen LogP contribution in [0.25, 0.3) is 0 Å². The van der Waals surface area contributed by atoms with Crippen LogP contribution in [-0.4, -0.2) is 11.4 Å². The molecule has 0 amide bonds. The number of fused-ring (bicyclic) bond motifs is 1. The van der Waals surface area contributed by atoms with Crippen molar-refractivity contribution in [2.24, 2.45) is 0 Å². The standard InChI is InChI=1S/C12H14O2/c13-8-2-4-10-7-6-9-3-1-5-11(9)12(10)14/h6-8,14H,1-5H2. The van der Waals surface area contributed by atoms with Crippen LogP contribution >= 0.6 is 0 Å². The molecule has 2 nitrogen and oxygen atoms in total. The number of carbonyl (C=O) groups is 1. The van der Waals surface area contributed by atoms with E-state index in [1.165, 1.54) is 5.56 Å². The molecule has 2 heteroatoms. The topological polar surface area (TPSA) is 37.3 Å². The van der Waals surface area contributed by atoms with E-state index in [1.807, 2.05) is 6.07 Å². The lowest BCUT2D eigenvalue weighted by atomic mass is 10.0. The van der Waals surface area contributed by atoms with Crippen molar-refractivity contribution in [1.82, 2.24) is 0 Å². The number of hydrogen-bond donors (Lipinski definition) is 1. The van der Waals surface area contributed by atoms with Gasteiger partial charge in [-0.25, -0.2) is 0 Å². The van der Waals surface area contributed by atoms with Gasteiger partial charge in [0.2, 0.25) is 0 Å². The molecule has 1 aromatic carbocycles. The smallest absolute Gasteiger partial charge is 0.122 e. The highest BCUT2D eigenvalue weighted by Crippen LogP contribution is 2.33. The zero-order chi connectivity index (χ0) is 9.97. The first-order valence-electron chi connectivity index (χ1n) is 5.09. The van der Waals surface area contributed by atoms with Gasteiger partial charge < -0.3 is 9.90 Å². The SMILES string of the molecule is O=CCCc1ccc2c(c1O)CCC2. The Labute approximate surface area is 83.6 Å². The second-order valence-electron chi connectivity index (χ2n) is 3.77. The zero-order valence-electron chi connectivity index (χ0n) is 8.12. The molecule has 0 aliphatic heterocycles. The third kappa shape index (κ3) is 1.52. The van der Waals surface area contributed by atoms with E-state index in [0.29, 0.717) is 18.6 Å². The summed E-state index contributed by atoms with van der Waals surface area (Å²) in [4.78, 5) is 10.2. The molecule has 0 bridgehead atoms. The molecule has 74 valence electrons. The van der Waals surface area contributed by atoms with E-state index in [1.54, 1.807) is 0 Å². The highest BCUT2D eigenvalue weighted by molar-refractivity contribution is 5.53. The van der Waals surface area contributed by atoms with Crippen LogP contribution in [0.4, 0.5) is 0 Å². The molecule has 1 aliphatic carbocycles. The Balaban J connectivity index is 2.30. The van der Waals surface area contributed by atoms with Crippen LogP contribution in [0.1, 0.15) is 29.5 Å². The molecule has 0 heterocycles. The molecule has 0 radical (unpaired) electrons. The second kappa shape index (κ2) is 3.82. The first-order valence-corrected chi connectivity index (χ1v) is 5.09. The lowest BCUT2D eigenvalue weighted by molar-refractivity contribution is -0.107. The van der Waals surface area contributed by atoms with Crippen molar-refractivity contribution < 1.29 is 9.90 Å². The van der Waals surface area contributed by atoms with Crippen LogP contribution < -0.4 is 0 Å². The summed E-state index contributed by atoms with van der Waals surface area (Å²) in [6.07, 6.45) is 5.24. The molecule has 1 aliphatic rings. The van der Waals surface area contributed by atoms with E-state index < -0.39 is 0 Å². The molecule has 14 heavy (non-hydrogen) atoms. The molecule has 0 saturated heterocycles. The maximum absolute atomic E-state index is 10.2. The fraction of sp³-hybridized carbons (Fsp3) is 0.417. The van der Waals surface area contributed by atoms with Crippen molar-refractivity contribution in [3.8, 4) is 5.75 Å². The predicted molar refractivity (Wildman–Crippen MR) is 54.5 cm³/mol. The largest absolute Gasteiger partial charge is 0.507 e. The third-order valence-electron chi connectivity index (χ3n) is 2.87. The molecule has 1 aromatic rings. The maximum Gasteiger partial charge on any atom is 0.122 e. The van der Waals surface area contributed by atoms with Gasteiger partial charge in [0.15, 0.2) is 0 Å². The van der Waals surface area contributed by atoms with E-state index in [0.717, 1.165) is 36.7 Å². The molecule has 0 unspecified atom stereocenters. The van der Waals surface area contributed by atoms with E-state index in [9.17, 15) is 9.90 Å². The van der Waals surface area contributed by atoms with Crippen molar-refractivity contribution in [3.05, 3.63) is 28.8 Å². The Bertz CT molecular complexity index is 356. The fourth-order valence-electron chi connectivity index (χ4n) is 2.11. The lowest BCUT2D eigenvalue weighted by Gasteiger charge is -2.07. The summed E-state index contributed by atoms with van der Waals surface area (Å²) >= 11 is 0. The number of carbonyl (C=O) groups excluding carboxylic acids is 1. The summed E-state index contributed by atoms with van der Waals surface area (Å²) in [5, 5.41) is 9.92. The minimum Gasteiger partial charge on any atom is -0.507 e. The Kier molecular flexibility index (Phi) is 2.53.